The van der Waals surface area contributed by atoms with E-state index in [4.69, 9.17) is 13.8 Å². The normalized spacial score (nSPS) is 14.7. The number of phosphoric acid groups is 1. The molecule has 1 amide bonds. The topological polar surface area (TPSA) is 111 Å². The van der Waals surface area contributed by atoms with Crippen LogP contribution in [0.3, 0.4) is 0 Å². The van der Waals surface area contributed by atoms with Gasteiger partial charge in [-0.2, -0.15) is 0 Å². The Balaban J connectivity index is 5.54. The van der Waals surface area contributed by atoms with Gasteiger partial charge in [0.05, 0.1) is 33.8 Å². The summed E-state index contributed by atoms with van der Waals surface area (Å²) in [5.74, 6) is -0.651. The minimum Gasteiger partial charge on any atom is -0.456 e. The molecular formula is C64H108N2O7P+. The first-order valence-electron chi connectivity index (χ1n) is 29.0. The van der Waals surface area contributed by atoms with Crippen LogP contribution in [0, 0.1) is 0 Å². The van der Waals surface area contributed by atoms with Crippen LogP contribution in [0.25, 0.3) is 0 Å². The van der Waals surface area contributed by atoms with Crippen LogP contribution < -0.4 is 5.32 Å². The lowest BCUT2D eigenvalue weighted by Crippen LogP contribution is -2.47. The number of quaternary nitrogens is 1. The van der Waals surface area contributed by atoms with Crippen LogP contribution >= 0.6 is 7.82 Å². The van der Waals surface area contributed by atoms with Gasteiger partial charge in [0.1, 0.15) is 19.3 Å². The second kappa shape index (κ2) is 52.6. The van der Waals surface area contributed by atoms with Gasteiger partial charge in [0.15, 0.2) is 0 Å². The van der Waals surface area contributed by atoms with Crippen molar-refractivity contribution in [2.45, 2.75) is 219 Å². The molecule has 3 atom stereocenters. The van der Waals surface area contributed by atoms with Gasteiger partial charge in [0, 0.05) is 12.8 Å². The molecule has 0 aliphatic rings. The SMILES string of the molecule is CC/C=C\C/C=C\C/C=C\C/C=C\C/C=C\CCCCCC(=O)OC(/C=C/CCCCCCCCCCCCC)C(COP(=O)(O)OCC[N+](C)(C)C)NC(=O)CC/C=C/C/C=C/C/C=C/C/C=C/C/C=C/CC. The summed E-state index contributed by atoms with van der Waals surface area (Å²) in [6.45, 7) is 6.67. The van der Waals surface area contributed by atoms with E-state index in [0.29, 0.717) is 23.9 Å². The Hall–Kier alpha value is -3.85. The highest BCUT2D eigenvalue weighted by molar-refractivity contribution is 7.47. The van der Waals surface area contributed by atoms with E-state index in [-0.39, 0.29) is 37.9 Å². The van der Waals surface area contributed by atoms with Gasteiger partial charge in [0.2, 0.25) is 5.91 Å². The van der Waals surface area contributed by atoms with Crippen molar-refractivity contribution in [1.29, 1.82) is 0 Å². The van der Waals surface area contributed by atoms with Crippen LogP contribution in [-0.2, 0) is 27.9 Å². The second-order valence-electron chi connectivity index (χ2n) is 20.0. The number of carbonyl (C=O) groups is 2. The summed E-state index contributed by atoms with van der Waals surface area (Å²) in [5, 5.41) is 2.99. The number of unbranched alkanes of at least 4 members (excludes halogenated alkanes) is 14. The molecule has 0 aliphatic carbocycles. The smallest absolute Gasteiger partial charge is 0.456 e. The van der Waals surface area contributed by atoms with Crippen LogP contribution in [0.1, 0.15) is 207 Å². The maximum atomic E-state index is 13.5. The summed E-state index contributed by atoms with van der Waals surface area (Å²) >= 11 is 0. The van der Waals surface area contributed by atoms with E-state index in [1.807, 2.05) is 45.4 Å². The number of ether oxygens (including phenoxy) is 1. The van der Waals surface area contributed by atoms with E-state index in [9.17, 15) is 19.0 Å². The number of hydrogen-bond donors (Lipinski definition) is 2. The molecule has 0 aromatic rings. The molecule has 74 heavy (non-hydrogen) atoms. The third-order valence-electron chi connectivity index (χ3n) is 11.8. The Kier molecular flexibility index (Phi) is 49.8. The first kappa shape index (κ1) is 70.1. The van der Waals surface area contributed by atoms with E-state index in [0.717, 1.165) is 103 Å². The molecule has 0 aromatic carbocycles. The lowest BCUT2D eigenvalue weighted by molar-refractivity contribution is -0.870. The molecule has 10 heteroatoms. The average molecular weight is 1050 g/mol. The van der Waals surface area contributed by atoms with Crippen molar-refractivity contribution in [3.63, 3.8) is 0 Å². The van der Waals surface area contributed by atoms with Crippen LogP contribution in [0.4, 0.5) is 0 Å². The summed E-state index contributed by atoms with van der Waals surface area (Å²) in [7, 11) is 1.41. The number of nitrogens with zero attached hydrogens (tertiary/aromatic N) is 1. The average Bonchev–Trinajstić information content (AvgIpc) is 3.36. The van der Waals surface area contributed by atoms with Crippen molar-refractivity contribution in [2.24, 2.45) is 0 Å². The van der Waals surface area contributed by atoms with Gasteiger partial charge in [-0.1, -0.05) is 219 Å². The minimum absolute atomic E-state index is 0.0138. The van der Waals surface area contributed by atoms with Crippen LogP contribution in [-0.4, -0.2) is 74.3 Å². The molecule has 2 N–H and O–H groups in total. The number of esters is 1. The third kappa shape index (κ3) is 53.0. The van der Waals surface area contributed by atoms with Crippen molar-refractivity contribution in [1.82, 2.24) is 5.32 Å². The molecule has 0 saturated heterocycles. The molecule has 9 nitrogen and oxygen atoms in total. The number of rotatable bonds is 50. The fourth-order valence-corrected chi connectivity index (χ4v) is 8.16. The number of hydrogen-bond acceptors (Lipinski definition) is 6. The van der Waals surface area contributed by atoms with Gasteiger partial charge in [-0.15, -0.1) is 0 Å². The van der Waals surface area contributed by atoms with Crippen LogP contribution in [0.2, 0.25) is 0 Å². The van der Waals surface area contributed by atoms with Gasteiger partial charge in [-0.25, -0.2) is 4.57 Å². The summed E-state index contributed by atoms with van der Waals surface area (Å²) in [4.78, 5) is 37.6. The van der Waals surface area contributed by atoms with Crippen molar-refractivity contribution in [3.8, 4) is 0 Å². The number of phosphoric ester groups is 1. The monoisotopic (exact) mass is 1050 g/mol. The maximum absolute atomic E-state index is 13.5. The fraction of sp³-hybridized carbons (Fsp3) is 0.625. The zero-order valence-electron chi connectivity index (χ0n) is 47.8. The van der Waals surface area contributed by atoms with Crippen molar-refractivity contribution in [2.75, 3.05) is 40.9 Å². The molecule has 0 radical (unpaired) electrons. The first-order chi connectivity index (χ1) is 35.9. The van der Waals surface area contributed by atoms with Crippen molar-refractivity contribution >= 4 is 19.7 Å². The second-order valence-corrected chi connectivity index (χ2v) is 21.5. The summed E-state index contributed by atoms with van der Waals surface area (Å²) in [6, 6.07) is -0.911. The molecule has 0 bridgehead atoms. The minimum atomic E-state index is -4.48. The summed E-state index contributed by atoms with van der Waals surface area (Å²) in [6.07, 6.45) is 74.7. The molecule has 0 rings (SSSR count). The largest absolute Gasteiger partial charge is 0.472 e. The highest BCUT2D eigenvalue weighted by Gasteiger charge is 2.30. The number of likely N-dealkylation sites (N-methyl/N-ethyl adjacent to an activating group) is 1. The van der Waals surface area contributed by atoms with E-state index in [2.05, 4.69) is 135 Å². The zero-order valence-corrected chi connectivity index (χ0v) is 48.7. The van der Waals surface area contributed by atoms with Crippen LogP contribution in [0.5, 0.6) is 0 Å². The number of allylic oxidation sites excluding steroid dienone is 21. The van der Waals surface area contributed by atoms with Gasteiger partial charge < -0.3 is 19.4 Å². The maximum Gasteiger partial charge on any atom is 0.472 e. The zero-order chi connectivity index (χ0) is 54.3. The molecule has 0 aromatic heterocycles. The van der Waals surface area contributed by atoms with Crippen molar-refractivity contribution in [3.05, 3.63) is 134 Å². The predicted molar refractivity (Wildman–Crippen MR) is 318 cm³/mol. The molecule has 3 unspecified atom stereocenters. The van der Waals surface area contributed by atoms with Gasteiger partial charge in [0.25, 0.3) is 0 Å². The Morgan fingerprint density at radius 1 is 0.486 bits per heavy atom. The standard InChI is InChI=1S/C64H107N2O7P/c1-7-10-13-16-19-22-25-28-30-32-33-34-36-39-42-45-48-51-54-57-64(68)73-62(55-52-49-46-43-40-37-27-24-21-18-15-12-9-3)61(60-72-74(69,70)71-59-58-66(4,5)6)65-63(67)56-53-50-47-44-41-38-35-31-29-26-23-20-17-14-11-8-2/h10-11,13-14,19-20,22-23,28-31,33-34,38-39,41-42,47,50,52,55,61-62H,7-9,12,15-18,21,24-27,32,35-37,40,43-46,48-49,51,53-54,56-60H2,1-6H3,(H-,65,67,69,70)/p+1/b13-10-,14-11+,22-19-,23-20+,30-28-,31-29+,34-33-,41-38+,42-39-,50-47+,55-52+. The molecule has 0 heterocycles. The van der Waals surface area contributed by atoms with Gasteiger partial charge in [-0.3, -0.25) is 18.6 Å². The lowest BCUT2D eigenvalue weighted by Gasteiger charge is -2.27. The predicted octanol–water partition coefficient (Wildman–Crippen LogP) is 17.7. The van der Waals surface area contributed by atoms with E-state index in [1.54, 1.807) is 0 Å². The van der Waals surface area contributed by atoms with Crippen LogP contribution in [0.15, 0.2) is 134 Å². The fourth-order valence-electron chi connectivity index (χ4n) is 7.42. The van der Waals surface area contributed by atoms with Gasteiger partial charge in [-0.05, 0) is 109 Å². The van der Waals surface area contributed by atoms with Gasteiger partial charge >= 0.3 is 13.8 Å². The molecule has 420 valence electrons. The highest BCUT2D eigenvalue weighted by Crippen LogP contribution is 2.43. The number of amides is 1. The molecule has 0 fully saturated rings. The summed E-state index contributed by atoms with van der Waals surface area (Å²) in [5.41, 5.74) is 0. The molecular weight excluding hydrogens is 940 g/mol. The number of carbonyl (C=O) groups excluding carboxylic acids is 2. The quantitative estimate of drug-likeness (QED) is 0.0205. The Labute approximate surface area is 454 Å². The Morgan fingerprint density at radius 2 is 0.878 bits per heavy atom. The molecule has 0 saturated carbocycles. The van der Waals surface area contributed by atoms with Crippen molar-refractivity contribution < 1.29 is 37.3 Å². The number of nitrogens with one attached hydrogen (secondary N) is 1. The first-order valence-corrected chi connectivity index (χ1v) is 30.5. The molecule has 0 aliphatic heterocycles. The Morgan fingerprint density at radius 3 is 1.32 bits per heavy atom. The highest BCUT2D eigenvalue weighted by atomic mass is 31.2. The van der Waals surface area contributed by atoms with E-state index in [1.165, 1.54) is 57.8 Å². The third-order valence-corrected chi connectivity index (χ3v) is 12.8. The lowest BCUT2D eigenvalue weighted by atomic mass is 10.0. The van der Waals surface area contributed by atoms with E-state index >= 15 is 0 Å². The van der Waals surface area contributed by atoms with E-state index < -0.39 is 20.0 Å². The molecule has 0 spiro atoms. The Bertz CT molecular complexity index is 1730. The summed E-state index contributed by atoms with van der Waals surface area (Å²) < 4.78 is 30.5.